The highest BCUT2D eigenvalue weighted by Gasteiger charge is 2.25. The minimum Gasteiger partial charge on any atom is -0.497 e. The molecule has 3 aromatic rings. The Hall–Kier alpha value is -2.77. The molecule has 2 heterocycles. The van der Waals surface area contributed by atoms with Gasteiger partial charge in [0.2, 0.25) is 0 Å². The number of carbonyl (C=O) groups excluding carboxylic acids is 1. The lowest BCUT2D eigenvalue weighted by atomic mass is 10.2. The lowest BCUT2D eigenvalue weighted by molar-refractivity contribution is 0.0831. The van der Waals surface area contributed by atoms with E-state index in [-0.39, 0.29) is 5.91 Å². The van der Waals surface area contributed by atoms with Crippen LogP contribution >= 0.6 is 23.1 Å². The van der Waals surface area contributed by atoms with Gasteiger partial charge in [0.05, 0.1) is 17.8 Å². The predicted molar refractivity (Wildman–Crippen MR) is 120 cm³/mol. The molecule has 1 fully saturated rings. The van der Waals surface area contributed by atoms with Crippen molar-refractivity contribution in [2.24, 2.45) is 0 Å². The molecule has 0 saturated carbocycles. The molecule has 0 aliphatic carbocycles. The minimum atomic E-state index is 0.00144. The number of amides is 1. The zero-order valence-corrected chi connectivity index (χ0v) is 17.6. The molecule has 1 N–H and O–H groups in total. The van der Waals surface area contributed by atoms with E-state index in [1.165, 1.54) is 5.56 Å². The number of hydrogen-bond acceptors (Lipinski definition) is 6. The summed E-state index contributed by atoms with van der Waals surface area (Å²) >= 11 is 3.25. The van der Waals surface area contributed by atoms with Gasteiger partial charge in [-0.3, -0.25) is 4.79 Å². The Kier molecular flexibility index (Phi) is 6.17. The van der Waals surface area contributed by atoms with Crippen molar-refractivity contribution in [3.63, 3.8) is 0 Å². The van der Waals surface area contributed by atoms with Crippen LogP contribution in [0.3, 0.4) is 0 Å². The van der Waals surface area contributed by atoms with Gasteiger partial charge in [-0.15, -0.1) is 23.1 Å². The fraction of sp³-hybridized carbons (Fsp3) is 0.182. The third-order valence-electron chi connectivity index (χ3n) is 4.49. The molecule has 2 aromatic carbocycles. The number of hydrogen-bond donors (Lipinski definition) is 1. The molecule has 1 aromatic heterocycles. The summed E-state index contributed by atoms with van der Waals surface area (Å²) in [4.78, 5) is 19.4. The van der Waals surface area contributed by atoms with Crippen LogP contribution in [0.2, 0.25) is 0 Å². The molecule has 0 atom stereocenters. The number of carbonyl (C=O) groups is 1. The average molecular weight is 424 g/mol. The van der Waals surface area contributed by atoms with Crippen molar-refractivity contribution in [3.05, 3.63) is 81.8 Å². The number of benzene rings is 2. The van der Waals surface area contributed by atoms with E-state index in [0.717, 1.165) is 33.9 Å². The van der Waals surface area contributed by atoms with Crippen LogP contribution in [0, 0.1) is 0 Å². The molecule has 1 saturated heterocycles. The first-order valence-electron chi connectivity index (χ1n) is 9.26. The summed E-state index contributed by atoms with van der Waals surface area (Å²) < 4.78 is 5.17. The Bertz CT molecular complexity index is 1000. The van der Waals surface area contributed by atoms with E-state index in [0.29, 0.717) is 12.1 Å². The number of anilines is 1. The van der Waals surface area contributed by atoms with Gasteiger partial charge in [0.25, 0.3) is 5.91 Å². The van der Waals surface area contributed by atoms with Crippen LogP contribution in [0.1, 0.15) is 21.6 Å². The molecule has 0 spiro atoms. The summed E-state index contributed by atoms with van der Waals surface area (Å²) in [5.74, 6) is 1.63. The summed E-state index contributed by atoms with van der Waals surface area (Å²) in [5.41, 5.74) is 2.73. The molecule has 1 aliphatic rings. The van der Waals surface area contributed by atoms with Gasteiger partial charge in [-0.2, -0.15) is 0 Å². The lowest BCUT2D eigenvalue weighted by Gasteiger charge is -2.17. The number of nitrogens with zero attached hydrogens (tertiary/aromatic N) is 2. The van der Waals surface area contributed by atoms with Crippen molar-refractivity contribution >= 4 is 40.2 Å². The van der Waals surface area contributed by atoms with Crippen LogP contribution in [-0.4, -0.2) is 35.2 Å². The molecule has 148 valence electrons. The first-order chi connectivity index (χ1) is 14.2. The van der Waals surface area contributed by atoms with E-state index >= 15 is 0 Å². The molecule has 5 nitrogen and oxygen atoms in total. The highest BCUT2D eigenvalue weighted by Crippen LogP contribution is 2.32. The van der Waals surface area contributed by atoms with Gasteiger partial charge in [-0.25, -0.2) is 4.98 Å². The topological polar surface area (TPSA) is 54.5 Å². The third-order valence-corrected chi connectivity index (χ3v) is 6.33. The smallest absolute Gasteiger partial charge is 0.258 e. The number of thioether (sulfide) groups is 1. The molecule has 0 radical (unpaired) electrons. The Morgan fingerprint density at radius 1 is 1.21 bits per heavy atom. The number of thiazole rings is 1. The van der Waals surface area contributed by atoms with Gasteiger partial charge >= 0.3 is 0 Å². The fourth-order valence-corrected chi connectivity index (χ4v) is 4.66. The molecular formula is C22H21N3O2S2. The standard InChI is InChI=1S/C22H21N3O2S2/c1-27-19-9-7-17(8-10-19)21(26)25-11-12-28-20(25)13-18-15-29-22(24-18)23-14-16-5-3-2-4-6-16/h2-10,13,15H,11-12,14H2,1H3,(H,23,24)/b20-13+. The van der Waals surface area contributed by atoms with Crippen molar-refractivity contribution < 1.29 is 9.53 Å². The van der Waals surface area contributed by atoms with E-state index in [9.17, 15) is 4.79 Å². The number of rotatable bonds is 6. The Morgan fingerprint density at radius 3 is 2.76 bits per heavy atom. The zero-order valence-electron chi connectivity index (χ0n) is 16.0. The second-order valence-corrected chi connectivity index (χ2v) is 8.41. The second-order valence-electron chi connectivity index (χ2n) is 6.43. The van der Waals surface area contributed by atoms with Crippen molar-refractivity contribution in [1.29, 1.82) is 0 Å². The molecule has 7 heteroatoms. The normalized spacial score (nSPS) is 14.9. The summed E-state index contributed by atoms with van der Waals surface area (Å²) in [6, 6.07) is 17.5. The molecule has 29 heavy (non-hydrogen) atoms. The molecular weight excluding hydrogens is 402 g/mol. The van der Waals surface area contributed by atoms with Crippen molar-refractivity contribution in [2.45, 2.75) is 6.54 Å². The zero-order chi connectivity index (χ0) is 20.1. The van der Waals surface area contributed by atoms with Crippen LogP contribution in [0.4, 0.5) is 5.13 Å². The molecule has 4 rings (SSSR count). The number of methoxy groups -OCH3 is 1. The van der Waals surface area contributed by atoms with E-state index in [1.807, 2.05) is 46.7 Å². The highest BCUT2D eigenvalue weighted by molar-refractivity contribution is 8.03. The monoisotopic (exact) mass is 423 g/mol. The maximum Gasteiger partial charge on any atom is 0.258 e. The Balaban J connectivity index is 1.44. The van der Waals surface area contributed by atoms with E-state index in [2.05, 4.69) is 22.4 Å². The Labute approximate surface area is 178 Å². The lowest BCUT2D eigenvalue weighted by Crippen LogP contribution is -2.26. The summed E-state index contributed by atoms with van der Waals surface area (Å²) in [6.45, 7) is 1.44. The average Bonchev–Trinajstić information content (AvgIpc) is 3.42. The third kappa shape index (κ3) is 4.81. The number of nitrogens with one attached hydrogen (secondary N) is 1. The first kappa shape index (κ1) is 19.5. The molecule has 1 aliphatic heterocycles. The maximum absolute atomic E-state index is 12.9. The van der Waals surface area contributed by atoms with Gasteiger partial charge in [0.1, 0.15) is 5.75 Å². The number of aromatic nitrogens is 1. The minimum absolute atomic E-state index is 0.00144. The van der Waals surface area contributed by atoms with Gasteiger partial charge in [-0.05, 0) is 35.9 Å². The first-order valence-corrected chi connectivity index (χ1v) is 11.1. The van der Waals surface area contributed by atoms with Crippen LogP contribution in [0.15, 0.2) is 65.0 Å². The van der Waals surface area contributed by atoms with Crippen molar-refractivity contribution in [2.75, 3.05) is 24.7 Å². The highest BCUT2D eigenvalue weighted by atomic mass is 32.2. The van der Waals surface area contributed by atoms with Crippen LogP contribution in [0.5, 0.6) is 5.75 Å². The predicted octanol–water partition coefficient (Wildman–Crippen LogP) is 4.95. The molecule has 1 amide bonds. The largest absolute Gasteiger partial charge is 0.497 e. The van der Waals surface area contributed by atoms with E-state index in [1.54, 1.807) is 42.3 Å². The summed E-state index contributed by atoms with van der Waals surface area (Å²) in [5, 5.41) is 7.17. The van der Waals surface area contributed by atoms with Crippen LogP contribution in [-0.2, 0) is 6.54 Å². The van der Waals surface area contributed by atoms with Gasteiger partial charge in [-0.1, -0.05) is 30.3 Å². The van der Waals surface area contributed by atoms with E-state index in [4.69, 9.17) is 4.74 Å². The quantitative estimate of drug-likeness (QED) is 0.608. The molecule has 0 unspecified atom stereocenters. The second kappa shape index (κ2) is 9.15. The number of ether oxygens (including phenoxy) is 1. The van der Waals surface area contributed by atoms with Crippen LogP contribution < -0.4 is 10.1 Å². The van der Waals surface area contributed by atoms with Gasteiger partial charge in [0, 0.05) is 29.8 Å². The fourth-order valence-electron chi connectivity index (χ4n) is 2.97. The van der Waals surface area contributed by atoms with Gasteiger partial charge < -0.3 is 15.0 Å². The summed E-state index contributed by atoms with van der Waals surface area (Å²) in [6.07, 6.45) is 1.99. The van der Waals surface area contributed by atoms with Crippen molar-refractivity contribution in [3.8, 4) is 5.75 Å². The summed E-state index contributed by atoms with van der Waals surface area (Å²) in [7, 11) is 1.62. The van der Waals surface area contributed by atoms with Crippen molar-refractivity contribution in [1.82, 2.24) is 9.88 Å². The Morgan fingerprint density at radius 2 is 2.00 bits per heavy atom. The van der Waals surface area contributed by atoms with Crippen LogP contribution in [0.25, 0.3) is 6.08 Å². The maximum atomic E-state index is 12.9. The van der Waals surface area contributed by atoms with E-state index < -0.39 is 0 Å². The van der Waals surface area contributed by atoms with Gasteiger partial charge in [0.15, 0.2) is 5.13 Å². The molecule has 0 bridgehead atoms. The SMILES string of the molecule is COc1ccc(C(=O)N2CCS/C2=C/c2csc(NCc3ccccc3)n2)cc1.